The van der Waals surface area contributed by atoms with Gasteiger partial charge in [0, 0.05) is 11.6 Å². The summed E-state index contributed by atoms with van der Waals surface area (Å²) in [4.78, 5) is 25.6. The smallest absolute Gasteiger partial charge is 0.268 e. The van der Waals surface area contributed by atoms with Gasteiger partial charge in [0.15, 0.2) is 0 Å². The predicted molar refractivity (Wildman–Crippen MR) is 115 cm³/mol. The molecule has 0 radical (unpaired) electrons. The fourth-order valence-corrected chi connectivity index (χ4v) is 3.43. The molecule has 152 valence electrons. The minimum absolute atomic E-state index is 0.159. The fraction of sp³-hybridized carbons (Fsp3) is 0.333. The Hall–Kier alpha value is -3.08. The van der Waals surface area contributed by atoms with Gasteiger partial charge < -0.3 is 15.4 Å². The molecule has 1 aliphatic rings. The lowest BCUT2D eigenvalue weighted by Crippen LogP contribution is -2.41. The van der Waals surface area contributed by atoms with E-state index in [2.05, 4.69) is 10.6 Å². The number of ether oxygens (including phenoxy) is 1. The van der Waals surface area contributed by atoms with Crippen molar-refractivity contribution in [2.45, 2.75) is 45.1 Å². The van der Waals surface area contributed by atoms with E-state index in [1.165, 1.54) is 6.42 Å². The number of hydrogen-bond donors (Lipinski definition) is 2. The number of rotatable bonds is 6. The summed E-state index contributed by atoms with van der Waals surface area (Å²) in [6.07, 6.45) is 7.12. The number of benzene rings is 2. The van der Waals surface area contributed by atoms with Gasteiger partial charge in [0.05, 0.1) is 7.11 Å². The Morgan fingerprint density at radius 3 is 2.24 bits per heavy atom. The van der Waals surface area contributed by atoms with Crippen molar-refractivity contribution in [1.29, 1.82) is 0 Å². The molecule has 0 heterocycles. The average Bonchev–Trinajstić information content (AvgIpc) is 2.75. The summed E-state index contributed by atoms with van der Waals surface area (Å²) in [5.41, 5.74) is 2.64. The zero-order valence-electron chi connectivity index (χ0n) is 17.0. The third-order valence-corrected chi connectivity index (χ3v) is 5.17. The zero-order chi connectivity index (χ0) is 20.6. The highest BCUT2D eigenvalue weighted by Crippen LogP contribution is 2.18. The van der Waals surface area contributed by atoms with E-state index < -0.39 is 0 Å². The quantitative estimate of drug-likeness (QED) is 0.723. The summed E-state index contributed by atoms with van der Waals surface area (Å²) in [5, 5.41) is 5.88. The second-order valence-corrected chi connectivity index (χ2v) is 7.46. The molecule has 2 amide bonds. The van der Waals surface area contributed by atoms with Crippen LogP contribution in [0.25, 0.3) is 6.08 Å². The zero-order valence-corrected chi connectivity index (χ0v) is 17.0. The van der Waals surface area contributed by atoms with Gasteiger partial charge in [-0.2, -0.15) is 0 Å². The van der Waals surface area contributed by atoms with Crippen molar-refractivity contribution in [2.75, 3.05) is 7.11 Å². The summed E-state index contributed by atoms with van der Waals surface area (Å²) in [6.45, 7) is 1.97. The second kappa shape index (κ2) is 9.92. The van der Waals surface area contributed by atoms with Crippen LogP contribution in [0.3, 0.4) is 0 Å². The maximum Gasteiger partial charge on any atom is 0.268 e. The van der Waals surface area contributed by atoms with Gasteiger partial charge in [-0.3, -0.25) is 9.59 Å². The highest BCUT2D eigenvalue weighted by atomic mass is 16.5. The van der Waals surface area contributed by atoms with Gasteiger partial charge in [-0.05, 0) is 55.7 Å². The van der Waals surface area contributed by atoms with Crippen molar-refractivity contribution in [3.63, 3.8) is 0 Å². The van der Waals surface area contributed by atoms with E-state index in [0.29, 0.717) is 5.56 Å². The molecule has 0 aliphatic heterocycles. The highest BCUT2D eigenvalue weighted by molar-refractivity contribution is 6.05. The number of carbonyl (C=O) groups excluding carboxylic acids is 2. The van der Waals surface area contributed by atoms with Crippen LogP contribution < -0.4 is 15.4 Å². The standard InChI is InChI=1S/C24H28N2O3/c1-17-8-12-19(13-9-17)23(27)26-22(16-18-10-14-21(29-2)15-11-18)24(28)25-20-6-4-3-5-7-20/h8-16,20H,3-7H2,1-2H3,(H,25,28)(H,26,27)/b22-16-. The van der Waals surface area contributed by atoms with Gasteiger partial charge in [-0.15, -0.1) is 0 Å². The number of hydrogen-bond acceptors (Lipinski definition) is 3. The average molecular weight is 392 g/mol. The maximum atomic E-state index is 12.9. The van der Waals surface area contributed by atoms with Crippen LogP contribution in [0.5, 0.6) is 5.75 Å². The lowest BCUT2D eigenvalue weighted by molar-refractivity contribution is -0.118. The Morgan fingerprint density at radius 2 is 1.62 bits per heavy atom. The van der Waals surface area contributed by atoms with Crippen molar-refractivity contribution in [1.82, 2.24) is 10.6 Å². The summed E-state index contributed by atoms with van der Waals surface area (Å²) in [5.74, 6) is 0.177. The Bertz CT molecular complexity index is 864. The third-order valence-electron chi connectivity index (χ3n) is 5.17. The third kappa shape index (κ3) is 5.95. The van der Waals surface area contributed by atoms with Gasteiger partial charge in [-0.25, -0.2) is 0 Å². The van der Waals surface area contributed by atoms with Gasteiger partial charge in [0.25, 0.3) is 11.8 Å². The number of carbonyl (C=O) groups is 2. The van der Waals surface area contributed by atoms with Crippen molar-refractivity contribution < 1.29 is 14.3 Å². The van der Waals surface area contributed by atoms with Crippen LogP contribution in [-0.2, 0) is 4.79 Å². The summed E-state index contributed by atoms with van der Waals surface area (Å²) < 4.78 is 5.18. The Labute approximate surface area is 172 Å². The van der Waals surface area contributed by atoms with Crippen LogP contribution in [0.15, 0.2) is 54.2 Å². The Morgan fingerprint density at radius 1 is 0.966 bits per heavy atom. The van der Waals surface area contributed by atoms with E-state index >= 15 is 0 Å². The van der Waals surface area contributed by atoms with E-state index in [1.807, 2.05) is 43.3 Å². The summed E-state index contributed by atoms with van der Waals surface area (Å²) >= 11 is 0. The first-order chi connectivity index (χ1) is 14.0. The molecule has 5 nitrogen and oxygen atoms in total. The molecule has 0 atom stereocenters. The van der Waals surface area contributed by atoms with Crippen LogP contribution in [0.1, 0.15) is 53.6 Å². The van der Waals surface area contributed by atoms with Gasteiger partial charge in [0.2, 0.25) is 0 Å². The largest absolute Gasteiger partial charge is 0.497 e. The SMILES string of the molecule is COc1ccc(/C=C(\NC(=O)c2ccc(C)cc2)C(=O)NC2CCCCC2)cc1. The molecule has 2 N–H and O–H groups in total. The highest BCUT2D eigenvalue weighted by Gasteiger charge is 2.20. The molecule has 0 bridgehead atoms. The lowest BCUT2D eigenvalue weighted by Gasteiger charge is -2.23. The monoisotopic (exact) mass is 392 g/mol. The molecule has 2 aromatic rings. The molecule has 0 unspecified atom stereocenters. The normalized spacial score (nSPS) is 14.9. The molecular formula is C24H28N2O3. The fourth-order valence-electron chi connectivity index (χ4n) is 3.43. The molecule has 0 aromatic heterocycles. The van der Waals surface area contributed by atoms with Crippen molar-refractivity contribution >= 4 is 17.9 Å². The van der Waals surface area contributed by atoms with Crippen LogP contribution in [0.2, 0.25) is 0 Å². The molecule has 3 rings (SSSR count). The minimum Gasteiger partial charge on any atom is -0.497 e. The van der Waals surface area contributed by atoms with Crippen LogP contribution in [0.4, 0.5) is 0 Å². The topological polar surface area (TPSA) is 67.4 Å². The molecule has 1 saturated carbocycles. The van der Waals surface area contributed by atoms with E-state index in [-0.39, 0.29) is 23.6 Å². The molecule has 0 spiro atoms. The molecule has 1 aliphatic carbocycles. The maximum absolute atomic E-state index is 12.9. The molecule has 5 heteroatoms. The first-order valence-corrected chi connectivity index (χ1v) is 10.1. The van der Waals surface area contributed by atoms with E-state index in [0.717, 1.165) is 42.6 Å². The molecule has 0 saturated heterocycles. The molecule has 1 fully saturated rings. The summed E-state index contributed by atoms with van der Waals surface area (Å²) in [6, 6.07) is 14.8. The minimum atomic E-state index is -0.302. The lowest BCUT2D eigenvalue weighted by atomic mass is 9.95. The van der Waals surface area contributed by atoms with Crippen molar-refractivity contribution in [3.8, 4) is 5.75 Å². The van der Waals surface area contributed by atoms with Gasteiger partial charge in [-0.1, -0.05) is 49.1 Å². The van der Waals surface area contributed by atoms with E-state index in [9.17, 15) is 9.59 Å². The Kier molecular flexibility index (Phi) is 7.06. The van der Waals surface area contributed by atoms with E-state index in [4.69, 9.17) is 4.74 Å². The molecular weight excluding hydrogens is 364 g/mol. The number of nitrogens with one attached hydrogen (secondary N) is 2. The summed E-state index contributed by atoms with van der Waals surface area (Å²) in [7, 11) is 1.61. The first kappa shape index (κ1) is 20.6. The van der Waals surface area contributed by atoms with Crippen molar-refractivity contribution in [2.24, 2.45) is 0 Å². The van der Waals surface area contributed by atoms with Crippen LogP contribution >= 0.6 is 0 Å². The first-order valence-electron chi connectivity index (χ1n) is 10.1. The number of aryl methyl sites for hydroxylation is 1. The van der Waals surface area contributed by atoms with E-state index in [1.54, 1.807) is 25.3 Å². The van der Waals surface area contributed by atoms with Gasteiger partial charge in [0.1, 0.15) is 11.4 Å². The number of methoxy groups -OCH3 is 1. The van der Waals surface area contributed by atoms with Crippen LogP contribution in [-0.4, -0.2) is 25.0 Å². The second-order valence-electron chi connectivity index (χ2n) is 7.46. The van der Waals surface area contributed by atoms with Crippen molar-refractivity contribution in [3.05, 3.63) is 70.9 Å². The molecule has 29 heavy (non-hydrogen) atoms. The molecule has 2 aromatic carbocycles. The Balaban J connectivity index is 1.80. The van der Waals surface area contributed by atoms with Gasteiger partial charge >= 0.3 is 0 Å². The predicted octanol–water partition coefficient (Wildman–Crippen LogP) is 4.22. The van der Waals surface area contributed by atoms with Crippen LogP contribution in [0, 0.1) is 6.92 Å². The number of amides is 2.